The zero-order valence-electron chi connectivity index (χ0n) is 49.3. The molecule has 0 amide bonds. The molecule has 12 rings (SSSR count). The summed E-state index contributed by atoms with van der Waals surface area (Å²) < 4.78 is 10.6. The fourth-order valence-corrected chi connectivity index (χ4v) is 11.3. The number of nitrogens with zero attached hydrogens (tertiary/aromatic N) is 5. The first kappa shape index (κ1) is 53.7. The highest BCUT2D eigenvalue weighted by Gasteiger charge is 2.28. The van der Waals surface area contributed by atoms with E-state index in [9.17, 15) is 4.79 Å². The molecule has 82 heavy (non-hydrogen) atoms. The molecule has 3 heterocycles. The number of esters is 1. The summed E-state index contributed by atoms with van der Waals surface area (Å²) in [5, 5.41) is 4.32. The third kappa shape index (κ3) is 10.1. The zero-order valence-corrected chi connectivity index (χ0v) is 49.3. The summed E-state index contributed by atoms with van der Waals surface area (Å²) in [4.78, 5) is 30.6. The van der Waals surface area contributed by atoms with E-state index in [1.165, 1.54) is 22.3 Å². The minimum Gasteiger partial charge on any atom is -0.457 e. The molecule has 0 atom stereocenters. The van der Waals surface area contributed by atoms with Crippen LogP contribution < -0.4 is 0 Å². The van der Waals surface area contributed by atoms with E-state index in [1.807, 2.05) is 42.5 Å². The molecule has 0 saturated heterocycles. The van der Waals surface area contributed by atoms with Crippen LogP contribution in [0.25, 0.3) is 100 Å². The number of hydrogen-bond donors (Lipinski definition) is 0. The number of carbonyl (C=O) groups excluding carboxylic acids is 1. The van der Waals surface area contributed by atoms with Crippen LogP contribution in [-0.2, 0) is 33.0 Å². The Kier molecular flexibility index (Phi) is 13.3. The number of benzene rings is 9. The lowest BCUT2D eigenvalue weighted by molar-refractivity contribution is 0.0473. The maximum atomic E-state index is 13.7. The fourth-order valence-electron chi connectivity index (χ4n) is 11.3. The van der Waals surface area contributed by atoms with Crippen molar-refractivity contribution in [3.8, 4) is 56.7 Å². The summed E-state index contributed by atoms with van der Waals surface area (Å²) in [5.41, 5.74) is 16.6. The molecule has 0 saturated carbocycles. The van der Waals surface area contributed by atoms with Crippen molar-refractivity contribution in [3.63, 3.8) is 0 Å². The largest absolute Gasteiger partial charge is 0.457 e. The smallest absolute Gasteiger partial charge is 0.338 e. The van der Waals surface area contributed by atoms with Crippen molar-refractivity contribution in [1.82, 2.24) is 24.1 Å². The van der Waals surface area contributed by atoms with Gasteiger partial charge in [-0.2, -0.15) is 0 Å². The Hall–Kier alpha value is -8.94. The normalized spacial score (nSPS) is 12.5. The predicted molar refractivity (Wildman–Crippen MR) is 341 cm³/mol. The van der Waals surface area contributed by atoms with Gasteiger partial charge in [-0.1, -0.05) is 204 Å². The maximum Gasteiger partial charge on any atom is 0.338 e. The minimum absolute atomic E-state index is 0.143. The Labute approximate surface area is 482 Å². The lowest BCUT2D eigenvalue weighted by atomic mass is 9.79. The number of para-hydroxylation sites is 4. The molecule has 0 aliphatic carbocycles. The molecule has 0 aliphatic heterocycles. The van der Waals surface area contributed by atoms with Crippen molar-refractivity contribution < 1.29 is 9.53 Å². The lowest BCUT2D eigenvalue weighted by Gasteiger charge is -2.26. The number of hydrogen-bond acceptors (Lipinski definition) is 5. The molecule has 12 aromatic rings. The Bertz CT molecular complexity index is 4240. The van der Waals surface area contributed by atoms with Gasteiger partial charge in [0.1, 0.15) is 6.61 Å². The predicted octanol–water partition coefficient (Wildman–Crippen LogP) is 19.3. The van der Waals surface area contributed by atoms with Gasteiger partial charge in [-0.25, -0.2) is 19.7 Å². The van der Waals surface area contributed by atoms with Gasteiger partial charge in [0.25, 0.3) is 0 Å². The van der Waals surface area contributed by atoms with E-state index in [0.717, 1.165) is 88.4 Å². The standard InChI is InChI=1S/C75H71N5O2/c1-72(2,3)52-38-50(39-53(44-52)73(4,5)6)68-76-69(51-40-54(74(7,8)9)45-55(41-51)75(10,11)12)78-70(77-68)61-42-48(34-36-67(61)80-63-31-21-17-27-57(63)58-28-18-22-32-64(58)80)56-26-16-20-30-62(56)79-65-33-23-19-29-59(65)60-43-49(35-37-66(60)79)71(81)82-46-47-24-14-13-15-25-47/h13-45H,46H2,1-12H3. The van der Waals surface area contributed by atoms with Gasteiger partial charge in [0.2, 0.25) is 0 Å². The van der Waals surface area contributed by atoms with Crippen LogP contribution >= 0.6 is 0 Å². The number of carbonyl (C=O) groups is 1. The first-order chi connectivity index (χ1) is 39.1. The van der Waals surface area contributed by atoms with Crippen LogP contribution in [-0.4, -0.2) is 30.1 Å². The van der Waals surface area contributed by atoms with Gasteiger partial charge in [-0.3, -0.25) is 0 Å². The average Bonchev–Trinajstić information content (AvgIpc) is 4.10. The van der Waals surface area contributed by atoms with Crippen molar-refractivity contribution in [2.24, 2.45) is 0 Å². The summed E-state index contributed by atoms with van der Waals surface area (Å²) in [5.74, 6) is 1.43. The molecule has 9 aromatic carbocycles. The van der Waals surface area contributed by atoms with Crippen LogP contribution in [0.1, 0.15) is 121 Å². The van der Waals surface area contributed by atoms with Crippen molar-refractivity contribution in [2.75, 3.05) is 0 Å². The highest BCUT2D eigenvalue weighted by atomic mass is 16.5. The summed E-state index contributed by atoms with van der Waals surface area (Å²) in [6, 6.07) is 70.7. The van der Waals surface area contributed by atoms with Gasteiger partial charge in [0, 0.05) is 43.8 Å². The van der Waals surface area contributed by atoms with Crippen LogP contribution in [0.5, 0.6) is 0 Å². The SMILES string of the molecule is CC(C)(C)c1cc(-c2nc(-c3cc(C(C)(C)C)cc(C(C)(C)C)c3)nc(-c3cc(-c4ccccc4-n4c5ccccc5c5cc(C(=O)OCc6ccccc6)ccc54)ccc3-n3c4ccccc4c4ccccc43)n2)cc(C(C)(C)C)c1. The van der Waals surface area contributed by atoms with E-state index in [4.69, 9.17) is 19.7 Å². The van der Waals surface area contributed by atoms with Gasteiger partial charge >= 0.3 is 5.97 Å². The van der Waals surface area contributed by atoms with Crippen molar-refractivity contribution in [1.29, 1.82) is 0 Å². The van der Waals surface area contributed by atoms with Gasteiger partial charge < -0.3 is 13.9 Å². The summed E-state index contributed by atoms with van der Waals surface area (Å²) in [6.07, 6.45) is 0. The molecule has 0 unspecified atom stereocenters. The Morgan fingerprint density at radius 1 is 0.366 bits per heavy atom. The van der Waals surface area contributed by atoms with E-state index in [2.05, 4.69) is 250 Å². The second-order valence-electron chi connectivity index (χ2n) is 26.2. The molecular formula is C75H71N5O2. The highest BCUT2D eigenvalue weighted by Crippen LogP contribution is 2.43. The quantitative estimate of drug-likeness (QED) is 0.135. The van der Waals surface area contributed by atoms with Crippen LogP contribution in [0.15, 0.2) is 200 Å². The molecule has 0 fully saturated rings. The summed E-state index contributed by atoms with van der Waals surface area (Å²) in [6.45, 7) is 27.5. The first-order valence-corrected chi connectivity index (χ1v) is 28.6. The fraction of sp³-hybridized carbons (Fsp3) is 0.227. The van der Waals surface area contributed by atoms with Crippen molar-refractivity contribution in [2.45, 2.75) is 111 Å². The lowest BCUT2D eigenvalue weighted by Crippen LogP contribution is -2.17. The van der Waals surface area contributed by atoms with E-state index < -0.39 is 0 Å². The molecule has 3 aromatic heterocycles. The second kappa shape index (κ2) is 20.2. The van der Waals surface area contributed by atoms with Gasteiger partial charge in [-0.05, 0) is 134 Å². The third-order valence-electron chi connectivity index (χ3n) is 16.1. The first-order valence-electron chi connectivity index (χ1n) is 28.6. The third-order valence-corrected chi connectivity index (χ3v) is 16.1. The maximum absolute atomic E-state index is 13.7. The Morgan fingerprint density at radius 2 is 0.780 bits per heavy atom. The van der Waals surface area contributed by atoms with Crippen LogP contribution in [0.2, 0.25) is 0 Å². The summed E-state index contributed by atoms with van der Waals surface area (Å²) >= 11 is 0. The number of aromatic nitrogens is 5. The van der Waals surface area contributed by atoms with E-state index >= 15 is 0 Å². The Morgan fingerprint density at radius 3 is 1.28 bits per heavy atom. The highest BCUT2D eigenvalue weighted by molar-refractivity contribution is 6.12. The molecule has 0 radical (unpaired) electrons. The van der Waals surface area contributed by atoms with Gasteiger partial charge in [0.05, 0.1) is 39.0 Å². The molecular weight excluding hydrogens is 1000 g/mol. The van der Waals surface area contributed by atoms with Gasteiger partial charge in [0.15, 0.2) is 17.5 Å². The van der Waals surface area contributed by atoms with E-state index in [0.29, 0.717) is 23.0 Å². The number of rotatable bonds is 9. The monoisotopic (exact) mass is 1070 g/mol. The van der Waals surface area contributed by atoms with Crippen molar-refractivity contribution >= 4 is 49.6 Å². The zero-order chi connectivity index (χ0) is 57.5. The molecule has 7 heteroatoms. The molecule has 408 valence electrons. The molecule has 0 spiro atoms. The number of ether oxygens (including phenoxy) is 1. The van der Waals surface area contributed by atoms with E-state index in [1.54, 1.807) is 0 Å². The second-order valence-corrected chi connectivity index (χ2v) is 26.2. The summed E-state index contributed by atoms with van der Waals surface area (Å²) in [7, 11) is 0. The van der Waals surface area contributed by atoms with Crippen LogP contribution in [0.4, 0.5) is 0 Å². The van der Waals surface area contributed by atoms with Gasteiger partial charge in [-0.15, -0.1) is 0 Å². The van der Waals surface area contributed by atoms with Crippen LogP contribution in [0.3, 0.4) is 0 Å². The topological polar surface area (TPSA) is 74.8 Å². The minimum atomic E-state index is -0.364. The molecule has 0 bridgehead atoms. The van der Waals surface area contributed by atoms with E-state index in [-0.39, 0.29) is 34.2 Å². The average molecular weight is 1070 g/mol. The molecule has 0 N–H and O–H groups in total. The van der Waals surface area contributed by atoms with Crippen LogP contribution in [0, 0.1) is 0 Å². The molecule has 0 aliphatic rings. The molecule has 7 nitrogen and oxygen atoms in total. The number of fused-ring (bicyclic) bond motifs is 6. The Balaban J connectivity index is 1.13. The van der Waals surface area contributed by atoms with Crippen molar-refractivity contribution in [3.05, 3.63) is 234 Å².